The number of aryl methyl sites for hydroxylation is 2. The number of pyridine rings is 1. The molecule has 0 saturated carbocycles. The molecule has 0 fully saturated rings. The molecule has 0 unspecified atom stereocenters. The summed E-state index contributed by atoms with van der Waals surface area (Å²) in [5, 5.41) is 2.78. The van der Waals surface area contributed by atoms with E-state index < -0.39 is 0 Å². The molecule has 3 rings (SSSR count). The van der Waals surface area contributed by atoms with Crippen LogP contribution < -0.4 is 5.32 Å². The first-order valence-corrected chi connectivity index (χ1v) is 10.3. The van der Waals surface area contributed by atoms with Gasteiger partial charge in [-0.2, -0.15) is 0 Å². The first-order valence-electron chi connectivity index (χ1n) is 9.05. The minimum atomic E-state index is -0.232. The largest absolute Gasteiger partial charge is 0.305 e. The maximum atomic E-state index is 12.4. The topological polar surface area (TPSA) is 67.8 Å². The third kappa shape index (κ3) is 4.78. The Balaban J connectivity index is 1.85. The van der Waals surface area contributed by atoms with E-state index in [2.05, 4.69) is 45.0 Å². The van der Waals surface area contributed by atoms with Crippen LogP contribution in [0.1, 0.15) is 27.0 Å². The van der Waals surface area contributed by atoms with Crippen molar-refractivity contribution in [2.75, 3.05) is 11.6 Å². The molecule has 0 spiro atoms. The van der Waals surface area contributed by atoms with Crippen LogP contribution in [0, 0.1) is 13.8 Å². The van der Waals surface area contributed by atoms with Crippen molar-refractivity contribution in [2.24, 2.45) is 0 Å². The molecule has 29 heavy (non-hydrogen) atoms. The van der Waals surface area contributed by atoms with Crippen LogP contribution in [0.5, 0.6) is 0 Å². The first kappa shape index (κ1) is 20.5. The van der Waals surface area contributed by atoms with Crippen molar-refractivity contribution in [3.8, 4) is 11.3 Å². The van der Waals surface area contributed by atoms with Crippen LogP contribution >= 0.6 is 11.8 Å². The minimum Gasteiger partial charge on any atom is -0.305 e. The first-order chi connectivity index (χ1) is 14.0. The molecule has 6 heteroatoms. The number of aromatic nitrogens is 3. The maximum absolute atomic E-state index is 12.4. The van der Waals surface area contributed by atoms with Crippen LogP contribution in [0.3, 0.4) is 0 Å². The van der Waals surface area contributed by atoms with E-state index in [4.69, 9.17) is 0 Å². The number of benzene rings is 1. The summed E-state index contributed by atoms with van der Waals surface area (Å²) in [5.74, 6) is 0.171. The Kier molecular flexibility index (Phi) is 6.57. The maximum Gasteiger partial charge on any atom is 0.257 e. The van der Waals surface area contributed by atoms with Gasteiger partial charge >= 0.3 is 0 Å². The standard InChI is InChI=1S/C23H22N4OS/c1-5-6-21(29-4)17-8-7-15(2)19(11-17)20-13-26-22(14-25-20)27-23(28)18-9-10-24-12-16(18)3/h5-14H,1H2,2-4H3,(H,26,27,28)/b21-6-. The van der Waals surface area contributed by atoms with Crippen LogP contribution in [0.2, 0.25) is 0 Å². The highest BCUT2D eigenvalue weighted by Gasteiger charge is 2.11. The van der Waals surface area contributed by atoms with Crippen molar-refractivity contribution in [2.45, 2.75) is 13.8 Å². The highest BCUT2D eigenvalue weighted by Crippen LogP contribution is 2.30. The number of carbonyl (C=O) groups excluding carboxylic acids is 1. The highest BCUT2D eigenvalue weighted by atomic mass is 32.2. The Labute approximate surface area is 175 Å². The Morgan fingerprint density at radius 2 is 1.93 bits per heavy atom. The second-order valence-corrected chi connectivity index (χ2v) is 7.28. The molecule has 0 aliphatic heterocycles. The summed E-state index contributed by atoms with van der Waals surface area (Å²) in [6.45, 7) is 7.67. The molecule has 3 aromatic rings. The Morgan fingerprint density at radius 3 is 2.59 bits per heavy atom. The van der Waals surface area contributed by atoms with Gasteiger partial charge in [-0.1, -0.05) is 24.8 Å². The van der Waals surface area contributed by atoms with Crippen LogP contribution in [-0.4, -0.2) is 27.1 Å². The Morgan fingerprint density at radius 1 is 1.10 bits per heavy atom. The van der Waals surface area contributed by atoms with Gasteiger partial charge in [-0.3, -0.25) is 14.8 Å². The summed E-state index contributed by atoms with van der Waals surface area (Å²) in [4.78, 5) is 26.5. The molecule has 1 amide bonds. The van der Waals surface area contributed by atoms with E-state index in [9.17, 15) is 4.79 Å². The van der Waals surface area contributed by atoms with Crippen LogP contribution in [-0.2, 0) is 0 Å². The second kappa shape index (κ2) is 9.30. The van der Waals surface area contributed by atoms with E-state index in [-0.39, 0.29) is 5.91 Å². The van der Waals surface area contributed by atoms with E-state index in [1.54, 1.807) is 48.7 Å². The summed E-state index contributed by atoms with van der Waals surface area (Å²) in [5.41, 5.74) is 5.33. The van der Waals surface area contributed by atoms with Gasteiger partial charge in [-0.05, 0) is 55.0 Å². The summed E-state index contributed by atoms with van der Waals surface area (Å²) < 4.78 is 0. The molecule has 0 saturated heterocycles. The van der Waals surface area contributed by atoms with E-state index in [0.29, 0.717) is 11.4 Å². The van der Waals surface area contributed by atoms with Gasteiger partial charge in [0.15, 0.2) is 5.82 Å². The fourth-order valence-electron chi connectivity index (χ4n) is 2.88. The SMILES string of the molecule is C=C/C=C(\SC)c1ccc(C)c(-c2cnc(NC(=O)c3ccncc3C)cn2)c1. The molecule has 146 valence electrons. The molecule has 5 nitrogen and oxygen atoms in total. The van der Waals surface area contributed by atoms with Crippen molar-refractivity contribution in [1.82, 2.24) is 15.0 Å². The van der Waals surface area contributed by atoms with Gasteiger partial charge in [-0.25, -0.2) is 4.98 Å². The molecule has 0 aliphatic rings. The molecule has 0 atom stereocenters. The van der Waals surface area contributed by atoms with Gasteiger partial charge in [-0.15, -0.1) is 11.8 Å². The molecular formula is C23H22N4OS. The third-order valence-electron chi connectivity index (χ3n) is 4.45. The number of rotatable bonds is 6. The lowest BCUT2D eigenvalue weighted by Gasteiger charge is -2.11. The molecule has 0 aliphatic carbocycles. The number of thioether (sulfide) groups is 1. The molecule has 2 heterocycles. The van der Waals surface area contributed by atoms with Crippen LogP contribution in [0.25, 0.3) is 16.2 Å². The van der Waals surface area contributed by atoms with Crippen molar-refractivity contribution in [1.29, 1.82) is 0 Å². The molecule has 2 aromatic heterocycles. The van der Waals surface area contributed by atoms with Crippen molar-refractivity contribution in [3.05, 3.63) is 90.0 Å². The van der Waals surface area contributed by atoms with E-state index >= 15 is 0 Å². The zero-order valence-electron chi connectivity index (χ0n) is 16.6. The van der Waals surface area contributed by atoms with Gasteiger partial charge in [0.05, 0.1) is 18.1 Å². The third-order valence-corrected chi connectivity index (χ3v) is 5.26. The lowest BCUT2D eigenvalue weighted by Crippen LogP contribution is -2.14. The Hall–Kier alpha value is -3.25. The second-order valence-electron chi connectivity index (χ2n) is 6.43. The zero-order chi connectivity index (χ0) is 20.8. The number of nitrogens with zero attached hydrogens (tertiary/aromatic N) is 3. The number of amides is 1. The fraction of sp³-hybridized carbons (Fsp3) is 0.130. The van der Waals surface area contributed by atoms with Crippen molar-refractivity contribution in [3.63, 3.8) is 0 Å². The molecule has 1 N–H and O–H groups in total. The van der Waals surface area contributed by atoms with Crippen LogP contribution in [0.15, 0.2) is 67.8 Å². The lowest BCUT2D eigenvalue weighted by molar-refractivity contribution is 0.102. The van der Waals surface area contributed by atoms with E-state index in [1.807, 2.05) is 26.2 Å². The predicted molar refractivity (Wildman–Crippen MR) is 121 cm³/mol. The number of carbonyl (C=O) groups is 1. The minimum absolute atomic E-state index is 0.232. The summed E-state index contributed by atoms with van der Waals surface area (Å²) in [7, 11) is 0. The van der Waals surface area contributed by atoms with Gasteiger partial charge in [0, 0.05) is 28.4 Å². The smallest absolute Gasteiger partial charge is 0.257 e. The summed E-state index contributed by atoms with van der Waals surface area (Å²) >= 11 is 1.67. The average Bonchev–Trinajstić information content (AvgIpc) is 2.73. The lowest BCUT2D eigenvalue weighted by atomic mass is 10.0. The highest BCUT2D eigenvalue weighted by molar-refractivity contribution is 8.07. The quantitative estimate of drug-likeness (QED) is 0.567. The van der Waals surface area contributed by atoms with Crippen LogP contribution in [0.4, 0.5) is 5.82 Å². The van der Waals surface area contributed by atoms with E-state index in [0.717, 1.165) is 32.9 Å². The predicted octanol–water partition coefficient (Wildman–Crippen LogP) is 5.30. The number of nitrogens with one attached hydrogen (secondary N) is 1. The van der Waals surface area contributed by atoms with Gasteiger partial charge < -0.3 is 5.32 Å². The normalized spacial score (nSPS) is 11.2. The summed E-state index contributed by atoms with van der Waals surface area (Å²) in [6, 6.07) is 7.94. The average molecular weight is 403 g/mol. The molecular weight excluding hydrogens is 380 g/mol. The van der Waals surface area contributed by atoms with Crippen molar-refractivity contribution >= 4 is 28.4 Å². The fourth-order valence-corrected chi connectivity index (χ4v) is 3.48. The zero-order valence-corrected chi connectivity index (χ0v) is 17.5. The van der Waals surface area contributed by atoms with Gasteiger partial charge in [0.25, 0.3) is 5.91 Å². The van der Waals surface area contributed by atoms with Gasteiger partial charge in [0.2, 0.25) is 0 Å². The monoisotopic (exact) mass is 402 g/mol. The number of allylic oxidation sites excluding steroid dienone is 2. The molecule has 0 bridgehead atoms. The molecule has 0 radical (unpaired) electrons. The van der Waals surface area contributed by atoms with Crippen molar-refractivity contribution < 1.29 is 4.79 Å². The number of hydrogen-bond acceptors (Lipinski definition) is 5. The number of anilines is 1. The summed E-state index contributed by atoms with van der Waals surface area (Å²) in [6.07, 6.45) is 12.3. The van der Waals surface area contributed by atoms with E-state index in [1.165, 1.54) is 0 Å². The Bertz CT molecular complexity index is 1070. The van der Waals surface area contributed by atoms with Gasteiger partial charge in [0.1, 0.15) is 0 Å². The molecule has 1 aromatic carbocycles. The number of hydrogen-bond donors (Lipinski definition) is 1.